The number of carbonyl (C=O) groups is 1. The maximum absolute atomic E-state index is 12.1. The van der Waals surface area contributed by atoms with Crippen LogP contribution in [0.1, 0.15) is 25.8 Å². The summed E-state index contributed by atoms with van der Waals surface area (Å²) in [6.45, 7) is 6.05. The average molecular weight is 351 g/mol. The van der Waals surface area contributed by atoms with Crippen LogP contribution in [0.3, 0.4) is 0 Å². The number of hydrogen-bond donors (Lipinski definition) is 2. The van der Waals surface area contributed by atoms with E-state index in [0.29, 0.717) is 12.1 Å². The Hall–Kier alpha value is -2.17. The second-order valence-corrected chi connectivity index (χ2v) is 7.30. The summed E-state index contributed by atoms with van der Waals surface area (Å²) in [6, 6.07) is 19.8. The second kappa shape index (κ2) is 8.47. The molecule has 3 rings (SSSR count). The van der Waals surface area contributed by atoms with Gasteiger partial charge in [-0.1, -0.05) is 54.6 Å². The number of hydrogen-bond acceptors (Lipinski definition) is 3. The van der Waals surface area contributed by atoms with Crippen molar-refractivity contribution in [2.24, 2.45) is 0 Å². The Balaban J connectivity index is 1.58. The van der Waals surface area contributed by atoms with E-state index in [0.717, 1.165) is 19.5 Å². The number of nitrogens with zero attached hydrogens (tertiary/aromatic N) is 1. The van der Waals surface area contributed by atoms with Crippen LogP contribution in [0, 0.1) is 0 Å². The Morgan fingerprint density at radius 3 is 2.35 bits per heavy atom. The molecule has 2 aromatic rings. The first-order chi connectivity index (χ1) is 12.6. The second-order valence-electron chi connectivity index (χ2n) is 7.30. The third-order valence-electron chi connectivity index (χ3n) is 5.21. The molecule has 4 nitrogen and oxygen atoms in total. The average Bonchev–Trinajstić information content (AvgIpc) is 3.11. The van der Waals surface area contributed by atoms with Gasteiger partial charge in [0.15, 0.2) is 0 Å². The molecule has 0 bridgehead atoms. The lowest BCUT2D eigenvalue weighted by molar-refractivity contribution is -0.125. The van der Waals surface area contributed by atoms with Gasteiger partial charge in [0, 0.05) is 32.2 Å². The van der Waals surface area contributed by atoms with Crippen LogP contribution in [0.4, 0.5) is 0 Å². The van der Waals surface area contributed by atoms with Gasteiger partial charge in [-0.3, -0.25) is 9.69 Å². The molecule has 2 N–H and O–H groups in total. The number of amides is 1. The van der Waals surface area contributed by atoms with Gasteiger partial charge in [0.25, 0.3) is 0 Å². The zero-order valence-electron chi connectivity index (χ0n) is 15.9. The fourth-order valence-electron chi connectivity index (χ4n) is 3.71. The summed E-state index contributed by atoms with van der Waals surface area (Å²) in [6.07, 6.45) is 0.861. The van der Waals surface area contributed by atoms with Crippen LogP contribution in [-0.4, -0.2) is 42.5 Å². The molecule has 1 aliphatic heterocycles. The zero-order valence-corrected chi connectivity index (χ0v) is 15.9. The molecule has 138 valence electrons. The van der Waals surface area contributed by atoms with Crippen LogP contribution in [-0.2, 0) is 11.3 Å². The van der Waals surface area contributed by atoms with Gasteiger partial charge < -0.3 is 10.6 Å². The lowest BCUT2D eigenvalue weighted by atomic mass is 10.0. The minimum Gasteiger partial charge on any atom is -0.358 e. The highest BCUT2D eigenvalue weighted by atomic mass is 16.2. The largest absolute Gasteiger partial charge is 0.358 e. The summed E-state index contributed by atoms with van der Waals surface area (Å²) in [5, 5.41) is 6.43. The summed E-state index contributed by atoms with van der Waals surface area (Å²) in [5.74, 6) is 0.121. The highest BCUT2D eigenvalue weighted by Crippen LogP contribution is 2.22. The van der Waals surface area contributed by atoms with Crippen molar-refractivity contribution in [3.8, 4) is 11.1 Å². The van der Waals surface area contributed by atoms with Gasteiger partial charge in [0.1, 0.15) is 0 Å². The fraction of sp³-hybridized carbons (Fsp3) is 0.409. The summed E-state index contributed by atoms with van der Waals surface area (Å²) < 4.78 is 0. The van der Waals surface area contributed by atoms with E-state index in [-0.39, 0.29) is 11.9 Å². The van der Waals surface area contributed by atoms with E-state index in [4.69, 9.17) is 0 Å². The first-order valence-corrected chi connectivity index (χ1v) is 9.43. The molecule has 0 unspecified atom stereocenters. The van der Waals surface area contributed by atoms with E-state index >= 15 is 0 Å². The highest BCUT2D eigenvalue weighted by Gasteiger charge is 2.37. The monoisotopic (exact) mass is 351 g/mol. The number of likely N-dealkylation sites (N-methyl/N-ethyl adjacent to an activating group) is 1. The van der Waals surface area contributed by atoms with E-state index in [1.54, 1.807) is 7.05 Å². The summed E-state index contributed by atoms with van der Waals surface area (Å²) in [4.78, 5) is 14.4. The molecule has 1 heterocycles. The SMILES string of the molecule is CNC(=O)[C@@H]1C[C@@H](NCc2ccc(-c3ccccc3)cc2)CN1C(C)C. The molecule has 0 aliphatic carbocycles. The third kappa shape index (κ3) is 4.32. The van der Waals surface area contributed by atoms with Gasteiger partial charge >= 0.3 is 0 Å². The quantitative estimate of drug-likeness (QED) is 0.841. The fourth-order valence-corrected chi connectivity index (χ4v) is 3.71. The molecule has 2 aromatic carbocycles. The summed E-state index contributed by atoms with van der Waals surface area (Å²) in [7, 11) is 1.72. The molecule has 1 saturated heterocycles. The predicted molar refractivity (Wildman–Crippen MR) is 107 cm³/mol. The Morgan fingerprint density at radius 2 is 1.73 bits per heavy atom. The third-order valence-corrected chi connectivity index (χ3v) is 5.21. The molecule has 0 spiro atoms. The lowest BCUT2D eigenvalue weighted by Gasteiger charge is -2.26. The maximum atomic E-state index is 12.1. The highest BCUT2D eigenvalue weighted by molar-refractivity contribution is 5.82. The molecule has 26 heavy (non-hydrogen) atoms. The van der Waals surface area contributed by atoms with E-state index in [9.17, 15) is 4.79 Å². The van der Waals surface area contributed by atoms with Gasteiger partial charge in [0.05, 0.1) is 6.04 Å². The lowest BCUT2D eigenvalue weighted by Crippen LogP contribution is -2.45. The van der Waals surface area contributed by atoms with Crippen molar-refractivity contribution < 1.29 is 4.79 Å². The number of benzene rings is 2. The van der Waals surface area contributed by atoms with Crippen molar-refractivity contribution in [1.82, 2.24) is 15.5 Å². The van der Waals surface area contributed by atoms with Crippen LogP contribution in [0.5, 0.6) is 0 Å². The zero-order chi connectivity index (χ0) is 18.5. The first kappa shape index (κ1) is 18.6. The molecule has 0 saturated carbocycles. The van der Waals surface area contributed by atoms with E-state index in [2.05, 4.69) is 77.9 Å². The van der Waals surface area contributed by atoms with Crippen molar-refractivity contribution in [3.63, 3.8) is 0 Å². The number of likely N-dealkylation sites (tertiary alicyclic amines) is 1. The topological polar surface area (TPSA) is 44.4 Å². The number of carbonyl (C=O) groups excluding carboxylic acids is 1. The van der Waals surface area contributed by atoms with Crippen molar-refractivity contribution in [2.75, 3.05) is 13.6 Å². The Morgan fingerprint density at radius 1 is 1.08 bits per heavy atom. The molecule has 0 aromatic heterocycles. The summed E-state index contributed by atoms with van der Waals surface area (Å²) in [5.41, 5.74) is 3.74. The van der Waals surface area contributed by atoms with Crippen molar-refractivity contribution in [1.29, 1.82) is 0 Å². The van der Waals surface area contributed by atoms with E-state index in [1.165, 1.54) is 16.7 Å². The van der Waals surface area contributed by atoms with Crippen LogP contribution < -0.4 is 10.6 Å². The van der Waals surface area contributed by atoms with Crippen molar-refractivity contribution in [3.05, 3.63) is 60.2 Å². The standard InChI is InChI=1S/C22H29N3O/c1-16(2)25-15-20(13-21(25)22(26)23-3)24-14-17-9-11-19(12-10-17)18-7-5-4-6-8-18/h4-12,16,20-21,24H,13-15H2,1-3H3,(H,23,26)/t20-,21+/m1/s1. The predicted octanol–water partition coefficient (Wildman–Crippen LogP) is 3.04. The Bertz CT molecular complexity index is 712. The normalized spacial score (nSPS) is 20.5. The molecular weight excluding hydrogens is 322 g/mol. The van der Waals surface area contributed by atoms with Crippen LogP contribution >= 0.6 is 0 Å². The van der Waals surface area contributed by atoms with Crippen molar-refractivity contribution in [2.45, 2.75) is 44.9 Å². The van der Waals surface area contributed by atoms with Gasteiger partial charge in [-0.2, -0.15) is 0 Å². The van der Waals surface area contributed by atoms with Crippen molar-refractivity contribution >= 4 is 5.91 Å². The maximum Gasteiger partial charge on any atom is 0.237 e. The molecule has 1 amide bonds. The molecule has 1 fully saturated rings. The number of rotatable bonds is 6. The Kier molecular flexibility index (Phi) is 6.07. The minimum atomic E-state index is -0.0297. The van der Waals surface area contributed by atoms with Gasteiger partial charge in [0.2, 0.25) is 5.91 Å². The minimum absolute atomic E-state index is 0.0297. The molecule has 4 heteroatoms. The molecular formula is C22H29N3O. The van der Waals surface area contributed by atoms with Gasteiger partial charge in [-0.25, -0.2) is 0 Å². The molecule has 2 atom stereocenters. The first-order valence-electron chi connectivity index (χ1n) is 9.43. The summed E-state index contributed by atoms with van der Waals surface area (Å²) >= 11 is 0. The van der Waals surface area contributed by atoms with Crippen LogP contribution in [0.2, 0.25) is 0 Å². The van der Waals surface area contributed by atoms with E-state index in [1.807, 2.05) is 6.07 Å². The molecule has 1 aliphatic rings. The molecule has 0 radical (unpaired) electrons. The van der Waals surface area contributed by atoms with Crippen LogP contribution in [0.15, 0.2) is 54.6 Å². The van der Waals surface area contributed by atoms with Gasteiger partial charge in [-0.05, 0) is 37.0 Å². The Labute approximate surface area is 156 Å². The number of nitrogens with one attached hydrogen (secondary N) is 2. The van der Waals surface area contributed by atoms with Crippen LogP contribution in [0.25, 0.3) is 11.1 Å². The van der Waals surface area contributed by atoms with E-state index < -0.39 is 0 Å². The smallest absolute Gasteiger partial charge is 0.237 e. The van der Waals surface area contributed by atoms with Gasteiger partial charge in [-0.15, -0.1) is 0 Å².